The number of ether oxygens (including phenoxy) is 2. The number of nitrogens with zero attached hydrogens (tertiary/aromatic N) is 4. The molecule has 8 nitrogen and oxygen atoms in total. The highest BCUT2D eigenvalue weighted by molar-refractivity contribution is 7.10. The molecule has 0 aromatic carbocycles. The average molecular weight is 670 g/mol. The first-order chi connectivity index (χ1) is 20.6. The van der Waals surface area contributed by atoms with Gasteiger partial charge in [0.15, 0.2) is 17.3 Å². The average Bonchev–Trinajstić information content (AvgIpc) is 3.80. The number of hydrogen-bond donors (Lipinski definition) is 2. The number of hydrogen-bond acceptors (Lipinski definition) is 9. The predicted molar refractivity (Wildman–Crippen MR) is 174 cm³/mol. The van der Waals surface area contributed by atoms with Crippen LogP contribution in [0.3, 0.4) is 0 Å². The van der Waals surface area contributed by atoms with E-state index in [4.69, 9.17) is 38.4 Å². The lowest BCUT2D eigenvalue weighted by Crippen LogP contribution is -2.27. The SMILES string of the molecule is CC[C@@H](N)Cc1sccc1Cl.CC[C@H](Cc1sccc1Cl)Nc1ncnc2c1ncn2[C@@H]1C[C@H](CF)[C@H]2OC(C)(C)O[C@H]21. The van der Waals surface area contributed by atoms with E-state index >= 15 is 0 Å². The minimum absolute atomic E-state index is 0.0952. The van der Waals surface area contributed by atoms with Crippen LogP contribution < -0.4 is 11.1 Å². The van der Waals surface area contributed by atoms with Gasteiger partial charge in [-0.05, 0) is 62.4 Å². The molecule has 2 aliphatic rings. The molecule has 0 spiro atoms. The maximum Gasteiger partial charge on any atom is 0.165 e. The van der Waals surface area contributed by atoms with Crippen LogP contribution in [0.15, 0.2) is 35.5 Å². The van der Waals surface area contributed by atoms with Gasteiger partial charge in [0.25, 0.3) is 0 Å². The van der Waals surface area contributed by atoms with Crippen LogP contribution >= 0.6 is 45.9 Å². The fraction of sp³-hybridized carbons (Fsp3) is 0.567. The lowest BCUT2D eigenvalue weighted by molar-refractivity contribution is -0.160. The van der Waals surface area contributed by atoms with Gasteiger partial charge < -0.3 is 25.1 Å². The van der Waals surface area contributed by atoms with E-state index in [2.05, 4.69) is 34.1 Å². The fourth-order valence-corrected chi connectivity index (χ4v) is 8.12. The van der Waals surface area contributed by atoms with Gasteiger partial charge in [0.2, 0.25) is 0 Å². The van der Waals surface area contributed by atoms with E-state index in [1.165, 1.54) is 4.88 Å². The molecule has 5 heterocycles. The van der Waals surface area contributed by atoms with Gasteiger partial charge in [-0.2, -0.15) is 0 Å². The van der Waals surface area contributed by atoms with E-state index in [-0.39, 0.29) is 36.3 Å². The Labute approximate surface area is 270 Å². The Balaban J connectivity index is 0.000000283. The zero-order chi connectivity index (χ0) is 30.7. The van der Waals surface area contributed by atoms with E-state index in [9.17, 15) is 4.39 Å². The molecule has 0 bridgehead atoms. The van der Waals surface area contributed by atoms with Crippen LogP contribution in [0.5, 0.6) is 0 Å². The molecule has 234 valence electrons. The molecule has 13 heteroatoms. The van der Waals surface area contributed by atoms with Crippen LogP contribution in [-0.4, -0.2) is 56.3 Å². The molecule has 4 aromatic heterocycles. The van der Waals surface area contributed by atoms with Gasteiger partial charge >= 0.3 is 0 Å². The molecule has 0 unspecified atom stereocenters. The number of alkyl halides is 1. The van der Waals surface area contributed by atoms with Gasteiger partial charge in [0, 0.05) is 34.2 Å². The van der Waals surface area contributed by atoms with Crippen molar-refractivity contribution >= 4 is 62.9 Å². The molecular formula is C30H39Cl2FN6O2S2. The third-order valence-corrected chi connectivity index (χ3v) is 10.9. The lowest BCUT2D eigenvalue weighted by Gasteiger charge is -2.23. The number of halogens is 3. The van der Waals surface area contributed by atoms with E-state index in [0.29, 0.717) is 23.4 Å². The van der Waals surface area contributed by atoms with Crippen LogP contribution in [0.1, 0.15) is 62.8 Å². The number of aromatic nitrogens is 4. The summed E-state index contributed by atoms with van der Waals surface area (Å²) in [5.41, 5.74) is 7.19. The predicted octanol–water partition coefficient (Wildman–Crippen LogP) is 7.71. The largest absolute Gasteiger partial charge is 0.365 e. The van der Waals surface area contributed by atoms with Crippen molar-refractivity contribution in [3.05, 3.63) is 55.3 Å². The third kappa shape index (κ3) is 7.35. The summed E-state index contributed by atoms with van der Waals surface area (Å²) in [5.74, 6) is -0.242. The summed E-state index contributed by atoms with van der Waals surface area (Å²) in [6.45, 7) is 7.53. The van der Waals surface area contributed by atoms with Crippen molar-refractivity contribution in [1.82, 2.24) is 19.5 Å². The topological polar surface area (TPSA) is 100 Å². The summed E-state index contributed by atoms with van der Waals surface area (Å²) in [4.78, 5) is 16.0. The second-order valence-electron chi connectivity index (χ2n) is 11.5. The van der Waals surface area contributed by atoms with Gasteiger partial charge in [0.05, 0.1) is 35.2 Å². The second-order valence-corrected chi connectivity index (χ2v) is 14.4. The highest BCUT2D eigenvalue weighted by atomic mass is 35.5. The summed E-state index contributed by atoms with van der Waals surface area (Å²) in [7, 11) is 0. The molecule has 6 rings (SSSR count). The van der Waals surface area contributed by atoms with Gasteiger partial charge in [-0.1, -0.05) is 37.0 Å². The van der Waals surface area contributed by atoms with E-state index in [0.717, 1.165) is 40.6 Å². The van der Waals surface area contributed by atoms with Crippen molar-refractivity contribution in [1.29, 1.82) is 0 Å². The molecule has 4 aromatic rings. The molecule has 6 atom stereocenters. The summed E-state index contributed by atoms with van der Waals surface area (Å²) in [5, 5.41) is 9.19. The molecule has 0 amide bonds. The van der Waals surface area contributed by atoms with Crippen molar-refractivity contribution in [2.45, 2.75) is 95.9 Å². The zero-order valence-corrected chi connectivity index (χ0v) is 27.9. The number of anilines is 1. The van der Waals surface area contributed by atoms with Crippen LogP contribution in [0.2, 0.25) is 10.0 Å². The van der Waals surface area contributed by atoms with E-state index in [1.54, 1.807) is 35.3 Å². The summed E-state index contributed by atoms with van der Waals surface area (Å²) < 4.78 is 27.9. The Morgan fingerprint density at radius 1 is 1.05 bits per heavy atom. The van der Waals surface area contributed by atoms with Gasteiger partial charge in [0.1, 0.15) is 17.9 Å². The Bertz CT molecular complexity index is 1500. The maximum absolute atomic E-state index is 13.7. The molecular weight excluding hydrogens is 630 g/mol. The second kappa shape index (κ2) is 14.1. The molecule has 2 fully saturated rings. The smallest absolute Gasteiger partial charge is 0.165 e. The molecule has 1 aliphatic heterocycles. The van der Waals surface area contributed by atoms with Crippen LogP contribution in [-0.2, 0) is 22.3 Å². The normalized spacial score (nSPS) is 24.0. The summed E-state index contributed by atoms with van der Waals surface area (Å²) in [6, 6.07) is 4.17. The molecule has 3 N–H and O–H groups in total. The first-order valence-electron chi connectivity index (χ1n) is 14.7. The van der Waals surface area contributed by atoms with Crippen LogP contribution in [0.4, 0.5) is 10.2 Å². The lowest BCUT2D eigenvalue weighted by atomic mass is 10.1. The van der Waals surface area contributed by atoms with Crippen molar-refractivity contribution in [2.75, 3.05) is 12.0 Å². The quantitative estimate of drug-likeness (QED) is 0.179. The van der Waals surface area contributed by atoms with E-state index < -0.39 is 12.5 Å². The Hall–Kier alpha value is -1.86. The van der Waals surface area contributed by atoms with Crippen molar-refractivity contribution < 1.29 is 13.9 Å². The Kier molecular flexibility index (Phi) is 10.6. The minimum atomic E-state index is -0.725. The standard InChI is InChI=1S/C22H27ClFN5O2S.C8H12ClNS/c1-4-13(8-16-14(23)5-6-32-16)28-20-17-21(26-10-25-20)29(11-27-17)15-7-12(9-24)18-19(15)31-22(2,3)30-18;1-2-6(10)5-8-7(9)3-4-11-8/h5-6,10-13,15,18-19H,4,7-9H2,1-3H3,(H,25,26,28);3-4,6H,2,5,10H2,1H3/t12-,13-,15-,18-,19+;6-/m11/s1. The van der Waals surface area contributed by atoms with Crippen LogP contribution in [0, 0.1) is 5.92 Å². The number of fused-ring (bicyclic) bond motifs is 2. The molecule has 43 heavy (non-hydrogen) atoms. The first kappa shape index (κ1) is 32.5. The highest BCUT2D eigenvalue weighted by Gasteiger charge is 2.54. The van der Waals surface area contributed by atoms with Crippen molar-refractivity contribution in [3.63, 3.8) is 0 Å². The summed E-state index contributed by atoms with van der Waals surface area (Å²) in [6.07, 6.45) is 7.06. The minimum Gasteiger partial charge on any atom is -0.365 e. The first-order valence-corrected chi connectivity index (χ1v) is 17.2. The van der Waals surface area contributed by atoms with Gasteiger partial charge in [-0.15, -0.1) is 22.7 Å². The molecule has 1 aliphatic carbocycles. The zero-order valence-electron chi connectivity index (χ0n) is 24.8. The Morgan fingerprint density at radius 2 is 1.72 bits per heavy atom. The fourth-order valence-electron chi connectivity index (χ4n) is 5.72. The third-order valence-electron chi connectivity index (χ3n) is 8.09. The maximum atomic E-state index is 13.7. The van der Waals surface area contributed by atoms with Gasteiger partial charge in [-0.3, -0.25) is 4.39 Å². The number of nitrogens with one attached hydrogen (secondary N) is 1. The van der Waals surface area contributed by atoms with Crippen molar-refractivity contribution in [3.8, 4) is 0 Å². The van der Waals surface area contributed by atoms with Crippen molar-refractivity contribution in [2.24, 2.45) is 11.7 Å². The molecule has 1 saturated heterocycles. The molecule has 0 radical (unpaired) electrons. The molecule has 1 saturated carbocycles. The summed E-state index contributed by atoms with van der Waals surface area (Å²) >= 11 is 15.5. The van der Waals surface area contributed by atoms with E-state index in [1.807, 2.05) is 41.3 Å². The number of rotatable bonds is 10. The number of imidazole rings is 1. The van der Waals surface area contributed by atoms with Crippen LogP contribution in [0.25, 0.3) is 11.2 Å². The van der Waals surface area contributed by atoms with Gasteiger partial charge in [-0.25, -0.2) is 15.0 Å². The monoisotopic (exact) mass is 668 g/mol. The Morgan fingerprint density at radius 3 is 2.33 bits per heavy atom. The number of nitrogens with two attached hydrogens (primary N) is 1. The highest BCUT2D eigenvalue weighted by Crippen LogP contribution is 2.47. The number of thiophene rings is 2.